The molecule has 76 heavy (non-hydrogen) atoms. The smallest absolute Gasteiger partial charge is 0.0714 e. The molecule has 3 nitrogen and oxygen atoms in total. The Bertz CT molecular complexity index is 4460. The van der Waals surface area contributed by atoms with E-state index >= 15 is 0 Å². The predicted molar refractivity (Wildman–Crippen MR) is 318 cm³/mol. The molecule has 12 aromatic carbocycles. The Balaban J connectivity index is 0.932. The number of aromatic nitrogens is 2. The second-order valence-electron chi connectivity index (χ2n) is 20.0. The summed E-state index contributed by atoms with van der Waals surface area (Å²) in [5, 5.41) is 4.93. The van der Waals surface area contributed by atoms with Crippen LogP contribution < -0.4 is 4.90 Å². The minimum absolute atomic E-state index is 0.556. The lowest BCUT2D eigenvalue weighted by Gasteiger charge is -2.35. The van der Waals surface area contributed by atoms with Crippen LogP contribution in [0.15, 0.2) is 297 Å². The molecular formula is C73H49N3. The maximum absolute atomic E-state index is 2.48. The molecule has 1 aliphatic rings. The molecule has 14 aromatic rings. The van der Waals surface area contributed by atoms with Gasteiger partial charge in [-0.15, -0.1) is 0 Å². The second kappa shape index (κ2) is 17.6. The zero-order valence-corrected chi connectivity index (χ0v) is 41.6. The van der Waals surface area contributed by atoms with Crippen molar-refractivity contribution in [3.05, 3.63) is 320 Å². The second-order valence-corrected chi connectivity index (χ2v) is 20.0. The molecule has 0 aliphatic heterocycles. The first-order valence-corrected chi connectivity index (χ1v) is 26.3. The summed E-state index contributed by atoms with van der Waals surface area (Å²) in [4.78, 5) is 2.48. The van der Waals surface area contributed by atoms with Gasteiger partial charge in [-0.05, 0) is 141 Å². The van der Waals surface area contributed by atoms with Gasteiger partial charge in [0.05, 0.1) is 33.2 Å². The number of fused-ring (bicyclic) bond motifs is 9. The van der Waals surface area contributed by atoms with E-state index in [0.29, 0.717) is 0 Å². The van der Waals surface area contributed by atoms with Crippen LogP contribution in [0, 0.1) is 0 Å². The highest BCUT2D eigenvalue weighted by atomic mass is 15.1. The van der Waals surface area contributed by atoms with Crippen molar-refractivity contribution in [2.24, 2.45) is 0 Å². The molecule has 0 N–H and O–H groups in total. The third-order valence-electron chi connectivity index (χ3n) is 16.0. The van der Waals surface area contributed by atoms with Gasteiger partial charge in [0.25, 0.3) is 0 Å². The number of rotatable bonds is 9. The van der Waals surface area contributed by atoms with Crippen LogP contribution in [0.25, 0.3) is 88.4 Å². The monoisotopic (exact) mass is 967 g/mol. The maximum atomic E-state index is 2.48. The summed E-state index contributed by atoms with van der Waals surface area (Å²) in [6.45, 7) is 0. The van der Waals surface area contributed by atoms with E-state index in [2.05, 4.69) is 311 Å². The van der Waals surface area contributed by atoms with Crippen molar-refractivity contribution in [1.29, 1.82) is 0 Å². The Labute approximate surface area is 442 Å². The molecule has 0 radical (unpaired) electrons. The molecule has 0 atom stereocenters. The molecule has 1 aliphatic carbocycles. The van der Waals surface area contributed by atoms with Crippen LogP contribution in [0.3, 0.4) is 0 Å². The lowest BCUT2D eigenvalue weighted by atomic mass is 9.67. The summed E-state index contributed by atoms with van der Waals surface area (Å²) in [5.41, 5.74) is 22.0. The van der Waals surface area contributed by atoms with Gasteiger partial charge in [0, 0.05) is 49.9 Å². The highest BCUT2D eigenvalue weighted by Gasteiger charge is 2.46. The zero-order chi connectivity index (χ0) is 50.2. The number of benzene rings is 12. The van der Waals surface area contributed by atoms with Gasteiger partial charge in [-0.1, -0.05) is 206 Å². The van der Waals surface area contributed by atoms with Crippen molar-refractivity contribution in [2.45, 2.75) is 5.41 Å². The van der Waals surface area contributed by atoms with Gasteiger partial charge in [0.2, 0.25) is 0 Å². The fraction of sp³-hybridized carbons (Fsp3) is 0.0137. The Morgan fingerprint density at radius 1 is 0.263 bits per heavy atom. The topological polar surface area (TPSA) is 13.1 Å². The van der Waals surface area contributed by atoms with Crippen molar-refractivity contribution in [1.82, 2.24) is 9.13 Å². The van der Waals surface area contributed by atoms with Crippen LogP contribution >= 0.6 is 0 Å². The Hall–Kier alpha value is -9.96. The third-order valence-corrected chi connectivity index (χ3v) is 16.0. The molecule has 0 saturated heterocycles. The molecule has 356 valence electrons. The van der Waals surface area contributed by atoms with Crippen molar-refractivity contribution < 1.29 is 0 Å². The summed E-state index contributed by atoms with van der Waals surface area (Å²) >= 11 is 0. The summed E-state index contributed by atoms with van der Waals surface area (Å²) in [6, 6.07) is 109. The van der Waals surface area contributed by atoms with Crippen molar-refractivity contribution >= 4 is 60.7 Å². The standard InChI is InChI=1S/C73H49N3/c1-5-21-53(22-6-1)73(54-23-7-2-8-24-54)66-33-17-13-30-60(66)61-44-43-58(49-67(61)73)74(57-41-37-50(38-42-57)51-39-45-71-64(47-51)62-31-15-19-35-69(62)75(71)55-25-9-3-10-26-55)68-34-18-14-29-59(68)52-40-46-72-65(48-52)63-32-16-20-36-70(63)76(72)56-27-11-4-12-28-56/h1-49H. The van der Waals surface area contributed by atoms with Crippen molar-refractivity contribution in [2.75, 3.05) is 4.90 Å². The molecule has 0 unspecified atom stereocenters. The lowest BCUT2D eigenvalue weighted by Crippen LogP contribution is -2.28. The summed E-state index contributed by atoms with van der Waals surface area (Å²) in [7, 11) is 0. The minimum atomic E-state index is -0.556. The molecule has 2 heterocycles. The first-order valence-electron chi connectivity index (χ1n) is 26.3. The van der Waals surface area contributed by atoms with Crippen molar-refractivity contribution in [3.8, 4) is 44.8 Å². The summed E-state index contributed by atoms with van der Waals surface area (Å²) < 4.78 is 4.77. The van der Waals surface area contributed by atoms with Crippen LogP contribution in [0.2, 0.25) is 0 Å². The molecule has 15 rings (SSSR count). The van der Waals surface area contributed by atoms with E-state index in [0.717, 1.165) is 45.1 Å². The quantitative estimate of drug-likeness (QED) is 0.140. The van der Waals surface area contributed by atoms with Crippen molar-refractivity contribution in [3.63, 3.8) is 0 Å². The molecule has 0 amide bonds. The minimum Gasteiger partial charge on any atom is -0.310 e. The van der Waals surface area contributed by atoms with E-state index < -0.39 is 5.41 Å². The molecule has 0 spiro atoms. The SMILES string of the molecule is c1ccc(-n2c3ccccc3c3cc(-c4ccc(N(c5ccc6c(c5)C(c5ccccc5)(c5ccccc5)c5ccccc5-6)c5ccccc5-c5ccc6c(c5)c5ccccc5n6-c5ccccc5)cc4)ccc32)cc1. The number of hydrogen-bond donors (Lipinski definition) is 0. The van der Waals surface area contributed by atoms with E-state index in [9.17, 15) is 0 Å². The normalized spacial score (nSPS) is 12.6. The first kappa shape index (κ1) is 43.6. The lowest BCUT2D eigenvalue weighted by molar-refractivity contribution is 0.768. The number of para-hydroxylation sites is 5. The maximum Gasteiger partial charge on any atom is 0.0714 e. The summed E-state index contributed by atoms with van der Waals surface area (Å²) in [5.74, 6) is 0. The fourth-order valence-electron chi connectivity index (χ4n) is 12.7. The number of anilines is 3. The average molecular weight is 968 g/mol. The van der Waals surface area contributed by atoms with Crippen LogP contribution in [-0.2, 0) is 5.41 Å². The van der Waals surface area contributed by atoms with Crippen LogP contribution in [0.1, 0.15) is 22.3 Å². The number of nitrogens with zero attached hydrogens (tertiary/aromatic N) is 3. The molecular weight excluding hydrogens is 919 g/mol. The molecule has 3 heteroatoms. The third kappa shape index (κ3) is 6.69. The summed E-state index contributed by atoms with van der Waals surface area (Å²) in [6.07, 6.45) is 0. The molecule has 2 aromatic heterocycles. The van der Waals surface area contributed by atoms with Crippen LogP contribution in [0.4, 0.5) is 17.1 Å². The Morgan fingerprint density at radius 2 is 0.697 bits per heavy atom. The van der Waals surface area contributed by atoms with E-state index in [1.165, 1.54) is 82.6 Å². The van der Waals surface area contributed by atoms with Gasteiger partial charge in [-0.3, -0.25) is 0 Å². The molecule has 0 fully saturated rings. The molecule has 0 saturated carbocycles. The van der Waals surface area contributed by atoms with E-state index in [4.69, 9.17) is 0 Å². The largest absolute Gasteiger partial charge is 0.310 e. The van der Waals surface area contributed by atoms with Gasteiger partial charge in [-0.2, -0.15) is 0 Å². The van der Waals surface area contributed by atoms with E-state index in [1.54, 1.807) is 0 Å². The van der Waals surface area contributed by atoms with Crippen LogP contribution in [0.5, 0.6) is 0 Å². The van der Waals surface area contributed by atoms with Gasteiger partial charge in [-0.25, -0.2) is 0 Å². The zero-order valence-electron chi connectivity index (χ0n) is 41.6. The first-order chi connectivity index (χ1) is 37.7. The Morgan fingerprint density at radius 3 is 1.30 bits per heavy atom. The predicted octanol–water partition coefficient (Wildman–Crippen LogP) is 19.0. The van der Waals surface area contributed by atoms with Gasteiger partial charge >= 0.3 is 0 Å². The number of hydrogen-bond acceptors (Lipinski definition) is 1. The van der Waals surface area contributed by atoms with E-state index in [-0.39, 0.29) is 0 Å². The fourth-order valence-corrected chi connectivity index (χ4v) is 12.7. The van der Waals surface area contributed by atoms with Gasteiger partial charge in [0.15, 0.2) is 0 Å². The average Bonchev–Trinajstić information content (AvgIpc) is 4.14. The van der Waals surface area contributed by atoms with Gasteiger partial charge < -0.3 is 14.0 Å². The highest BCUT2D eigenvalue weighted by Crippen LogP contribution is 2.57. The molecule has 0 bridgehead atoms. The van der Waals surface area contributed by atoms with Gasteiger partial charge in [0.1, 0.15) is 0 Å². The van der Waals surface area contributed by atoms with Crippen LogP contribution in [-0.4, -0.2) is 9.13 Å². The highest BCUT2D eigenvalue weighted by molar-refractivity contribution is 6.12. The van der Waals surface area contributed by atoms with E-state index in [1.807, 2.05) is 0 Å². The Kier molecular flexibility index (Phi) is 10.1.